The first kappa shape index (κ1) is 14.3. The van der Waals surface area contributed by atoms with Crippen LogP contribution < -0.4 is 0 Å². The van der Waals surface area contributed by atoms with Crippen LogP contribution in [0.4, 0.5) is 4.39 Å². The zero-order valence-electron chi connectivity index (χ0n) is 11.6. The molecule has 2 aromatic carbocycles. The fraction of sp³-hybridized carbons (Fsp3) is 0.235. The van der Waals surface area contributed by atoms with Crippen molar-refractivity contribution in [2.75, 3.05) is 0 Å². The van der Waals surface area contributed by atoms with Gasteiger partial charge in [-0.15, -0.1) is 0 Å². The molecule has 0 aliphatic rings. The van der Waals surface area contributed by atoms with Gasteiger partial charge in [0.15, 0.2) is 0 Å². The molecule has 2 rings (SSSR count). The van der Waals surface area contributed by atoms with Gasteiger partial charge in [0.2, 0.25) is 0 Å². The number of halogens is 1. The smallest absolute Gasteiger partial charge is 0.307 e. The molecule has 0 heterocycles. The SMILES string of the molecule is CC(C)c1cccc(-c2cc(F)cc(CC(=O)O)c2)c1. The molecule has 0 unspecified atom stereocenters. The first-order chi connectivity index (χ1) is 9.45. The average molecular weight is 272 g/mol. The quantitative estimate of drug-likeness (QED) is 0.903. The summed E-state index contributed by atoms with van der Waals surface area (Å²) in [5.74, 6) is -0.979. The molecule has 0 radical (unpaired) electrons. The molecule has 104 valence electrons. The van der Waals surface area contributed by atoms with Crippen molar-refractivity contribution >= 4 is 5.97 Å². The van der Waals surface area contributed by atoms with Gasteiger partial charge in [-0.1, -0.05) is 44.2 Å². The van der Waals surface area contributed by atoms with Crippen molar-refractivity contribution in [3.63, 3.8) is 0 Å². The molecule has 0 aromatic heterocycles. The zero-order chi connectivity index (χ0) is 14.7. The molecule has 0 fully saturated rings. The van der Waals surface area contributed by atoms with Gasteiger partial charge in [-0.3, -0.25) is 4.79 Å². The normalized spacial score (nSPS) is 10.8. The van der Waals surface area contributed by atoms with E-state index >= 15 is 0 Å². The van der Waals surface area contributed by atoms with E-state index in [0.717, 1.165) is 5.56 Å². The molecule has 0 aliphatic carbocycles. The molecule has 3 heteroatoms. The summed E-state index contributed by atoms with van der Waals surface area (Å²) in [6.45, 7) is 4.20. The number of carbonyl (C=O) groups is 1. The van der Waals surface area contributed by atoms with Crippen LogP contribution >= 0.6 is 0 Å². The van der Waals surface area contributed by atoms with Gasteiger partial charge in [0.1, 0.15) is 5.82 Å². The predicted octanol–water partition coefficient (Wildman–Crippen LogP) is 4.24. The Hall–Kier alpha value is -2.16. The van der Waals surface area contributed by atoms with Crippen molar-refractivity contribution in [2.24, 2.45) is 0 Å². The molecule has 0 saturated carbocycles. The third-order valence-corrected chi connectivity index (χ3v) is 3.20. The van der Waals surface area contributed by atoms with Crippen molar-refractivity contribution in [1.82, 2.24) is 0 Å². The lowest BCUT2D eigenvalue weighted by atomic mass is 9.96. The monoisotopic (exact) mass is 272 g/mol. The van der Waals surface area contributed by atoms with Gasteiger partial charge < -0.3 is 5.11 Å². The van der Waals surface area contributed by atoms with Crippen molar-refractivity contribution < 1.29 is 14.3 Å². The number of aliphatic carboxylic acids is 1. The standard InChI is InChI=1S/C17H17FO2/c1-11(2)13-4-3-5-14(9-13)15-6-12(8-17(19)20)7-16(18)10-15/h3-7,9-11H,8H2,1-2H3,(H,19,20). The minimum Gasteiger partial charge on any atom is -0.481 e. The molecular formula is C17H17FO2. The molecule has 20 heavy (non-hydrogen) atoms. The average Bonchev–Trinajstić information content (AvgIpc) is 2.37. The van der Waals surface area contributed by atoms with Gasteiger partial charge in [-0.05, 0) is 40.3 Å². The van der Waals surface area contributed by atoms with Gasteiger partial charge in [0.25, 0.3) is 0 Å². The number of carboxylic acids is 1. The predicted molar refractivity (Wildman–Crippen MR) is 77.3 cm³/mol. The van der Waals surface area contributed by atoms with Crippen LogP contribution in [-0.2, 0) is 11.2 Å². The number of carboxylic acid groups (broad SMARTS) is 1. The Labute approximate surface area is 117 Å². The van der Waals surface area contributed by atoms with Crippen molar-refractivity contribution in [3.05, 3.63) is 59.4 Å². The third-order valence-electron chi connectivity index (χ3n) is 3.20. The van der Waals surface area contributed by atoms with Gasteiger partial charge in [-0.25, -0.2) is 4.39 Å². The molecule has 0 spiro atoms. The first-order valence-corrected chi connectivity index (χ1v) is 6.57. The summed E-state index contributed by atoms with van der Waals surface area (Å²) < 4.78 is 13.6. The Morgan fingerprint density at radius 2 is 1.90 bits per heavy atom. The summed E-state index contributed by atoms with van der Waals surface area (Å²) in [6, 6.07) is 12.3. The minimum atomic E-state index is -0.961. The highest BCUT2D eigenvalue weighted by molar-refractivity contribution is 5.72. The van der Waals surface area contributed by atoms with Crippen LogP contribution in [0.25, 0.3) is 11.1 Å². The highest BCUT2D eigenvalue weighted by atomic mass is 19.1. The van der Waals surface area contributed by atoms with Crippen LogP contribution in [0.1, 0.15) is 30.9 Å². The van der Waals surface area contributed by atoms with E-state index in [2.05, 4.69) is 13.8 Å². The lowest BCUT2D eigenvalue weighted by Crippen LogP contribution is -2.00. The highest BCUT2D eigenvalue weighted by Crippen LogP contribution is 2.25. The summed E-state index contributed by atoms with van der Waals surface area (Å²) in [5, 5.41) is 8.81. The Kier molecular flexibility index (Phi) is 4.18. The second kappa shape index (κ2) is 5.87. The zero-order valence-corrected chi connectivity index (χ0v) is 11.6. The molecule has 0 bridgehead atoms. The molecule has 0 atom stereocenters. The van der Waals surface area contributed by atoms with Gasteiger partial charge in [0.05, 0.1) is 6.42 Å². The van der Waals surface area contributed by atoms with E-state index in [1.807, 2.05) is 24.3 Å². The molecule has 1 N–H and O–H groups in total. The summed E-state index contributed by atoms with van der Waals surface area (Å²) in [4.78, 5) is 10.7. The van der Waals surface area contributed by atoms with E-state index in [9.17, 15) is 9.18 Å². The Bertz CT molecular complexity index is 633. The molecule has 0 aliphatic heterocycles. The summed E-state index contributed by atoms with van der Waals surface area (Å²) in [6.07, 6.45) is -0.172. The van der Waals surface area contributed by atoms with Crippen LogP contribution in [0, 0.1) is 5.82 Å². The Morgan fingerprint density at radius 1 is 1.15 bits per heavy atom. The van der Waals surface area contributed by atoms with E-state index in [0.29, 0.717) is 17.0 Å². The van der Waals surface area contributed by atoms with Crippen LogP contribution in [0.15, 0.2) is 42.5 Å². The number of benzene rings is 2. The number of hydrogen-bond donors (Lipinski definition) is 1. The van der Waals surface area contributed by atoms with E-state index in [1.165, 1.54) is 17.7 Å². The van der Waals surface area contributed by atoms with E-state index in [-0.39, 0.29) is 6.42 Å². The van der Waals surface area contributed by atoms with E-state index < -0.39 is 11.8 Å². The topological polar surface area (TPSA) is 37.3 Å². The fourth-order valence-corrected chi connectivity index (χ4v) is 2.17. The number of rotatable bonds is 4. The highest BCUT2D eigenvalue weighted by Gasteiger charge is 2.08. The summed E-state index contributed by atoms with van der Waals surface area (Å²) in [7, 11) is 0. The van der Waals surface area contributed by atoms with Gasteiger partial charge >= 0.3 is 5.97 Å². The van der Waals surface area contributed by atoms with E-state index in [4.69, 9.17) is 5.11 Å². The van der Waals surface area contributed by atoms with Crippen LogP contribution in [0.5, 0.6) is 0 Å². The van der Waals surface area contributed by atoms with Crippen molar-refractivity contribution in [1.29, 1.82) is 0 Å². The van der Waals surface area contributed by atoms with Crippen LogP contribution in [0.3, 0.4) is 0 Å². The maximum absolute atomic E-state index is 13.6. The fourth-order valence-electron chi connectivity index (χ4n) is 2.17. The largest absolute Gasteiger partial charge is 0.481 e. The second-order valence-electron chi connectivity index (χ2n) is 5.20. The lowest BCUT2D eigenvalue weighted by molar-refractivity contribution is -0.136. The van der Waals surface area contributed by atoms with Gasteiger partial charge in [0, 0.05) is 0 Å². The lowest BCUT2D eigenvalue weighted by Gasteiger charge is -2.09. The maximum atomic E-state index is 13.6. The Balaban J connectivity index is 2.44. The minimum absolute atomic E-state index is 0.172. The Morgan fingerprint density at radius 3 is 2.55 bits per heavy atom. The van der Waals surface area contributed by atoms with E-state index in [1.54, 1.807) is 6.07 Å². The maximum Gasteiger partial charge on any atom is 0.307 e. The van der Waals surface area contributed by atoms with Crippen molar-refractivity contribution in [3.8, 4) is 11.1 Å². The molecule has 0 saturated heterocycles. The van der Waals surface area contributed by atoms with Gasteiger partial charge in [-0.2, -0.15) is 0 Å². The molecule has 2 aromatic rings. The van der Waals surface area contributed by atoms with Crippen molar-refractivity contribution in [2.45, 2.75) is 26.2 Å². The van der Waals surface area contributed by atoms with Crippen LogP contribution in [-0.4, -0.2) is 11.1 Å². The summed E-state index contributed by atoms with van der Waals surface area (Å²) in [5.41, 5.74) is 3.26. The first-order valence-electron chi connectivity index (χ1n) is 6.57. The molecular weight excluding hydrogens is 255 g/mol. The molecule has 2 nitrogen and oxygen atoms in total. The molecule has 0 amide bonds. The third kappa shape index (κ3) is 3.44. The summed E-state index contributed by atoms with van der Waals surface area (Å²) >= 11 is 0. The second-order valence-corrected chi connectivity index (χ2v) is 5.20. The van der Waals surface area contributed by atoms with Crippen LogP contribution in [0.2, 0.25) is 0 Å². The number of hydrogen-bond acceptors (Lipinski definition) is 1.